The lowest BCUT2D eigenvalue weighted by Crippen LogP contribution is -2.42. The van der Waals surface area contributed by atoms with Crippen molar-refractivity contribution in [2.24, 2.45) is 5.92 Å². The van der Waals surface area contributed by atoms with Crippen LogP contribution in [0.2, 0.25) is 0 Å². The van der Waals surface area contributed by atoms with Crippen LogP contribution in [0.1, 0.15) is 44.9 Å². The Morgan fingerprint density at radius 2 is 2.00 bits per heavy atom. The summed E-state index contributed by atoms with van der Waals surface area (Å²) in [5.74, 6) is 0.506. The van der Waals surface area contributed by atoms with E-state index in [0.29, 0.717) is 12.5 Å². The van der Waals surface area contributed by atoms with Crippen LogP contribution in [-0.2, 0) is 4.74 Å². The van der Waals surface area contributed by atoms with E-state index in [1.165, 1.54) is 32.1 Å². The predicted octanol–water partition coefficient (Wildman–Crippen LogP) is 2.11. The Hall–Kier alpha value is -0.0800. The fourth-order valence-corrected chi connectivity index (χ4v) is 2.83. The zero-order chi connectivity index (χ0) is 9.15. The Morgan fingerprint density at radius 3 is 2.69 bits per heavy atom. The average Bonchev–Trinajstić information content (AvgIpc) is 2.19. The molecule has 1 spiro atoms. The minimum absolute atomic E-state index is 0.171. The zero-order valence-electron chi connectivity index (χ0n) is 8.30. The Balaban J connectivity index is 1.95. The molecule has 1 unspecified atom stereocenters. The molecule has 76 valence electrons. The van der Waals surface area contributed by atoms with E-state index in [9.17, 15) is 0 Å². The quantitative estimate of drug-likeness (QED) is 0.676. The van der Waals surface area contributed by atoms with E-state index in [0.717, 1.165) is 19.4 Å². The largest absolute Gasteiger partial charge is 0.396 e. The van der Waals surface area contributed by atoms with Crippen molar-refractivity contribution < 1.29 is 9.84 Å². The lowest BCUT2D eigenvalue weighted by molar-refractivity contribution is -0.122. The van der Waals surface area contributed by atoms with E-state index < -0.39 is 0 Å². The molecule has 0 aromatic carbocycles. The first-order chi connectivity index (χ1) is 6.35. The first kappa shape index (κ1) is 9.47. The van der Waals surface area contributed by atoms with Gasteiger partial charge in [-0.1, -0.05) is 19.3 Å². The highest BCUT2D eigenvalue weighted by molar-refractivity contribution is 4.89. The number of ether oxygens (including phenoxy) is 1. The molecule has 1 atom stereocenters. The summed E-state index contributed by atoms with van der Waals surface area (Å²) in [5.41, 5.74) is 0.171. The normalized spacial score (nSPS) is 33.5. The van der Waals surface area contributed by atoms with Crippen LogP contribution < -0.4 is 0 Å². The molecule has 0 aromatic rings. The molecule has 1 saturated carbocycles. The second kappa shape index (κ2) is 3.97. The van der Waals surface area contributed by atoms with Crippen molar-refractivity contribution in [1.82, 2.24) is 0 Å². The molecule has 1 heterocycles. The first-order valence-corrected chi connectivity index (χ1v) is 5.59. The van der Waals surface area contributed by atoms with Crippen molar-refractivity contribution in [2.75, 3.05) is 13.2 Å². The van der Waals surface area contributed by atoms with Crippen molar-refractivity contribution in [3.63, 3.8) is 0 Å². The SMILES string of the molecule is OCC1CCOC2(CCCCC2)C1. The fraction of sp³-hybridized carbons (Fsp3) is 1.00. The van der Waals surface area contributed by atoms with Gasteiger partial charge in [-0.15, -0.1) is 0 Å². The second-order valence-corrected chi connectivity index (χ2v) is 4.63. The molecule has 0 amide bonds. The van der Waals surface area contributed by atoms with E-state index in [2.05, 4.69) is 0 Å². The van der Waals surface area contributed by atoms with Crippen LogP contribution in [0, 0.1) is 5.92 Å². The van der Waals surface area contributed by atoms with Gasteiger partial charge in [0.25, 0.3) is 0 Å². The Morgan fingerprint density at radius 1 is 1.23 bits per heavy atom. The summed E-state index contributed by atoms with van der Waals surface area (Å²) >= 11 is 0. The van der Waals surface area contributed by atoms with Crippen LogP contribution >= 0.6 is 0 Å². The molecule has 1 aliphatic heterocycles. The molecule has 0 bridgehead atoms. The van der Waals surface area contributed by atoms with E-state index >= 15 is 0 Å². The number of aliphatic hydroxyl groups excluding tert-OH is 1. The van der Waals surface area contributed by atoms with Crippen LogP contribution in [0.3, 0.4) is 0 Å². The van der Waals surface area contributed by atoms with E-state index in [-0.39, 0.29) is 5.60 Å². The fourth-order valence-electron chi connectivity index (χ4n) is 2.83. The summed E-state index contributed by atoms with van der Waals surface area (Å²) < 4.78 is 5.93. The van der Waals surface area contributed by atoms with E-state index in [4.69, 9.17) is 9.84 Å². The number of hydrogen-bond acceptors (Lipinski definition) is 2. The highest BCUT2D eigenvalue weighted by Crippen LogP contribution is 2.40. The van der Waals surface area contributed by atoms with E-state index in [1.807, 2.05) is 0 Å². The minimum atomic E-state index is 0.171. The smallest absolute Gasteiger partial charge is 0.0686 e. The Bertz CT molecular complexity index is 156. The number of hydrogen-bond donors (Lipinski definition) is 1. The molecule has 1 aliphatic carbocycles. The summed E-state index contributed by atoms with van der Waals surface area (Å²) in [5, 5.41) is 9.15. The highest BCUT2D eigenvalue weighted by atomic mass is 16.5. The molecule has 1 saturated heterocycles. The van der Waals surface area contributed by atoms with Gasteiger partial charge in [0.05, 0.1) is 5.60 Å². The third kappa shape index (κ3) is 2.05. The lowest BCUT2D eigenvalue weighted by atomic mass is 9.76. The molecule has 13 heavy (non-hydrogen) atoms. The average molecular weight is 184 g/mol. The maximum absolute atomic E-state index is 9.15. The van der Waals surface area contributed by atoms with Gasteiger partial charge in [-0.05, 0) is 31.6 Å². The first-order valence-electron chi connectivity index (χ1n) is 5.59. The highest BCUT2D eigenvalue weighted by Gasteiger charge is 2.37. The van der Waals surface area contributed by atoms with Crippen molar-refractivity contribution in [3.05, 3.63) is 0 Å². The third-order valence-corrected chi connectivity index (χ3v) is 3.62. The molecule has 0 radical (unpaired) electrons. The maximum atomic E-state index is 9.15. The zero-order valence-corrected chi connectivity index (χ0v) is 8.30. The van der Waals surface area contributed by atoms with Gasteiger partial charge in [-0.3, -0.25) is 0 Å². The minimum Gasteiger partial charge on any atom is -0.396 e. The van der Waals surface area contributed by atoms with Gasteiger partial charge in [-0.2, -0.15) is 0 Å². The van der Waals surface area contributed by atoms with Gasteiger partial charge in [0, 0.05) is 13.2 Å². The van der Waals surface area contributed by atoms with Crippen molar-refractivity contribution >= 4 is 0 Å². The van der Waals surface area contributed by atoms with Crippen molar-refractivity contribution in [1.29, 1.82) is 0 Å². The van der Waals surface area contributed by atoms with Crippen LogP contribution in [-0.4, -0.2) is 23.9 Å². The molecular formula is C11H20O2. The van der Waals surface area contributed by atoms with Crippen molar-refractivity contribution in [2.45, 2.75) is 50.5 Å². The van der Waals surface area contributed by atoms with Gasteiger partial charge in [0.2, 0.25) is 0 Å². The maximum Gasteiger partial charge on any atom is 0.0686 e. The van der Waals surface area contributed by atoms with Crippen LogP contribution in [0.25, 0.3) is 0 Å². The Labute approximate surface area is 80.3 Å². The predicted molar refractivity (Wildman–Crippen MR) is 51.6 cm³/mol. The van der Waals surface area contributed by atoms with Gasteiger partial charge < -0.3 is 9.84 Å². The summed E-state index contributed by atoms with van der Waals surface area (Å²) in [6, 6.07) is 0. The molecule has 0 aromatic heterocycles. The monoisotopic (exact) mass is 184 g/mol. The van der Waals surface area contributed by atoms with Crippen LogP contribution in [0.4, 0.5) is 0 Å². The van der Waals surface area contributed by atoms with Gasteiger partial charge in [0.15, 0.2) is 0 Å². The summed E-state index contributed by atoms with van der Waals surface area (Å²) in [4.78, 5) is 0. The molecule has 1 N–H and O–H groups in total. The summed E-state index contributed by atoms with van der Waals surface area (Å²) in [6.45, 7) is 1.22. The molecule has 2 heteroatoms. The molecule has 2 aliphatic rings. The summed E-state index contributed by atoms with van der Waals surface area (Å²) in [6.07, 6.45) is 8.61. The van der Waals surface area contributed by atoms with Gasteiger partial charge in [0.1, 0.15) is 0 Å². The standard InChI is InChI=1S/C11H20O2/c12-9-10-4-7-13-11(8-10)5-2-1-3-6-11/h10,12H,1-9H2. The molecule has 2 nitrogen and oxygen atoms in total. The molecule has 2 fully saturated rings. The van der Waals surface area contributed by atoms with Gasteiger partial charge >= 0.3 is 0 Å². The number of aliphatic hydroxyl groups is 1. The second-order valence-electron chi connectivity index (χ2n) is 4.63. The third-order valence-electron chi connectivity index (χ3n) is 3.62. The van der Waals surface area contributed by atoms with Crippen molar-refractivity contribution in [3.8, 4) is 0 Å². The van der Waals surface area contributed by atoms with Gasteiger partial charge in [-0.25, -0.2) is 0 Å². The Kier molecular flexibility index (Phi) is 2.89. The topological polar surface area (TPSA) is 29.5 Å². The van der Waals surface area contributed by atoms with E-state index in [1.54, 1.807) is 0 Å². The molecular weight excluding hydrogens is 164 g/mol. The molecule has 2 rings (SSSR count). The number of rotatable bonds is 1. The van der Waals surface area contributed by atoms with Crippen LogP contribution in [0.15, 0.2) is 0 Å². The lowest BCUT2D eigenvalue weighted by Gasteiger charge is -2.43. The van der Waals surface area contributed by atoms with Crippen LogP contribution in [0.5, 0.6) is 0 Å². The summed E-state index contributed by atoms with van der Waals surface area (Å²) in [7, 11) is 0.